The van der Waals surface area contributed by atoms with Crippen LogP contribution in [-0.2, 0) is 51.6 Å². The van der Waals surface area contributed by atoms with Crippen molar-refractivity contribution in [2.75, 3.05) is 84.4 Å². The number of rotatable bonds is 35. The first-order valence-corrected chi connectivity index (χ1v) is 23.7. The van der Waals surface area contributed by atoms with Gasteiger partial charge in [0.05, 0.1) is 85.9 Å². The number of fused-ring (bicyclic) bond motifs is 1. The smallest absolute Gasteiger partial charge is 0.466 e. The predicted molar refractivity (Wildman–Crippen MR) is 250 cm³/mol. The lowest BCUT2D eigenvalue weighted by atomic mass is 10.1. The zero-order valence-electron chi connectivity index (χ0n) is 38.7. The molecule has 3 aromatic carbocycles. The summed E-state index contributed by atoms with van der Waals surface area (Å²) in [6, 6.07) is 19.6. The fourth-order valence-electron chi connectivity index (χ4n) is 6.16. The van der Waals surface area contributed by atoms with Gasteiger partial charge in [0.25, 0.3) is 5.69 Å². The normalized spacial score (nSPS) is 12.9. The Kier molecular flexibility index (Phi) is 26.4. The molecule has 21 nitrogen and oxygen atoms in total. The number of nitrogens with zero attached hydrogens (tertiary/aromatic N) is 6. The molecule has 22 heteroatoms. The third kappa shape index (κ3) is 22.0. The summed E-state index contributed by atoms with van der Waals surface area (Å²) in [6.45, 7) is 8.04. The van der Waals surface area contributed by atoms with E-state index in [2.05, 4.69) is 30.9 Å². The number of hydrogen-bond donors (Lipinski definition) is 2. The van der Waals surface area contributed by atoms with Gasteiger partial charge >= 0.3 is 13.8 Å². The number of nitro benzene ring substituents is 1. The van der Waals surface area contributed by atoms with Crippen LogP contribution in [0.15, 0.2) is 76.0 Å². The van der Waals surface area contributed by atoms with Crippen LogP contribution in [0.25, 0.3) is 10.8 Å². The Morgan fingerprint density at radius 2 is 1.60 bits per heavy atom. The molecule has 2 amide bonds. The van der Waals surface area contributed by atoms with E-state index in [-0.39, 0.29) is 82.8 Å². The summed E-state index contributed by atoms with van der Waals surface area (Å²) >= 11 is 0. The summed E-state index contributed by atoms with van der Waals surface area (Å²) < 4.78 is 45.7. The highest BCUT2D eigenvalue weighted by Gasteiger charge is 2.31. The van der Waals surface area contributed by atoms with Crippen LogP contribution in [0.1, 0.15) is 72.1 Å². The fourth-order valence-corrected chi connectivity index (χ4v) is 7.51. The first-order chi connectivity index (χ1) is 32.4. The molecule has 0 heterocycles. The van der Waals surface area contributed by atoms with Gasteiger partial charge in [0.1, 0.15) is 12.7 Å². The minimum atomic E-state index is -4.16. The number of likely N-dealkylation sites (N-methyl/N-ethyl adjacent to an activating group) is 1. The first kappa shape index (κ1) is 55.4. The number of methoxy groups -OCH3 is 1. The third-order valence-corrected chi connectivity index (χ3v) is 11.0. The summed E-state index contributed by atoms with van der Waals surface area (Å²) in [7, 11) is -2.73. The molecule has 0 bridgehead atoms. The van der Waals surface area contributed by atoms with Gasteiger partial charge in [-0.2, -0.15) is 10.4 Å². The highest BCUT2D eigenvalue weighted by Crippen LogP contribution is 2.51. The molecular formula is C45H63N8O13P. The van der Waals surface area contributed by atoms with Gasteiger partial charge < -0.3 is 34.6 Å². The highest BCUT2D eigenvalue weighted by atomic mass is 31.2. The van der Waals surface area contributed by atoms with E-state index in [0.29, 0.717) is 74.1 Å². The van der Waals surface area contributed by atoms with E-state index in [4.69, 9.17) is 37.9 Å². The molecule has 0 aliphatic carbocycles. The Morgan fingerprint density at radius 1 is 0.851 bits per heavy atom. The number of carbonyl (C=O) groups excluding carboxylic acids is 3. The third-order valence-electron chi connectivity index (χ3n) is 9.48. The molecule has 0 aliphatic heterocycles. The van der Waals surface area contributed by atoms with Crippen molar-refractivity contribution >= 4 is 64.8 Å². The number of amides is 2. The Balaban J connectivity index is 1.30. The SMILES string of the molecule is CCNC(=O)CCC(=O)OCCCOP(=O)(OCCC#N)OC(COC)COCCCNC(=O)CCC/C(C)=N/OCCN(CC)c1ccc(N=Nc2ccc([N+](=O)[O-])c3ccccc23)cc1. The first-order valence-electron chi connectivity index (χ1n) is 22.2. The van der Waals surface area contributed by atoms with Gasteiger partial charge in [-0.1, -0.05) is 23.4 Å². The van der Waals surface area contributed by atoms with Crippen molar-refractivity contribution in [1.29, 1.82) is 5.26 Å². The minimum Gasteiger partial charge on any atom is -0.466 e. The maximum Gasteiger partial charge on any atom is 0.475 e. The number of phosphoric acid groups is 1. The zero-order valence-corrected chi connectivity index (χ0v) is 39.6. The number of nitro groups is 1. The van der Waals surface area contributed by atoms with E-state index < -0.39 is 24.8 Å². The number of nitriles is 1. The van der Waals surface area contributed by atoms with Crippen molar-refractivity contribution < 1.29 is 56.5 Å². The minimum absolute atomic E-state index is 0.00112. The topological polar surface area (TPSA) is 264 Å². The summed E-state index contributed by atoms with van der Waals surface area (Å²) in [5.74, 6) is -0.909. The number of oxime groups is 1. The molecule has 366 valence electrons. The van der Waals surface area contributed by atoms with Crippen LogP contribution < -0.4 is 15.5 Å². The summed E-state index contributed by atoms with van der Waals surface area (Å²) in [5.41, 5.74) is 2.93. The molecular weight excluding hydrogens is 892 g/mol. The molecule has 0 radical (unpaired) electrons. The van der Waals surface area contributed by atoms with Gasteiger partial charge in [0.15, 0.2) is 0 Å². The predicted octanol–water partition coefficient (Wildman–Crippen LogP) is 8.01. The monoisotopic (exact) mass is 954 g/mol. The van der Waals surface area contributed by atoms with Crippen LogP contribution >= 0.6 is 7.82 Å². The van der Waals surface area contributed by atoms with Gasteiger partial charge in [0, 0.05) is 69.8 Å². The molecule has 0 saturated carbocycles. The second kappa shape index (κ2) is 31.9. The maximum atomic E-state index is 13.4. The second-order valence-electron chi connectivity index (χ2n) is 14.7. The van der Waals surface area contributed by atoms with Crippen molar-refractivity contribution in [3.05, 3.63) is 70.8 Å². The van der Waals surface area contributed by atoms with Gasteiger partial charge in [-0.3, -0.25) is 38.1 Å². The average Bonchev–Trinajstić information content (AvgIpc) is 3.31. The van der Waals surface area contributed by atoms with Crippen LogP contribution in [0, 0.1) is 21.4 Å². The molecule has 3 rings (SSSR count). The lowest BCUT2D eigenvalue weighted by Gasteiger charge is -2.23. The van der Waals surface area contributed by atoms with E-state index in [0.717, 1.165) is 17.9 Å². The molecule has 3 aromatic rings. The van der Waals surface area contributed by atoms with Crippen molar-refractivity contribution in [3.63, 3.8) is 0 Å². The van der Waals surface area contributed by atoms with Gasteiger partial charge in [0.2, 0.25) is 11.8 Å². The number of carbonyl (C=O) groups is 3. The fraction of sp³-hybridized carbons (Fsp3) is 0.533. The number of non-ortho nitro benzene ring substituents is 1. The number of azo groups is 1. The van der Waals surface area contributed by atoms with E-state index in [9.17, 15) is 29.1 Å². The van der Waals surface area contributed by atoms with Crippen molar-refractivity contribution in [3.8, 4) is 6.07 Å². The standard InChI is InChI=1S/C45H63N8O13P/c1-5-47-44(55)23-24-45(56)62-29-12-31-65-67(59,64-30-10-25-46)66-38(33-60-4)34-61-28-11-26-48-43(54)16-9-13-35(3)51-63-32-27-52(6-2)37-19-17-36(18-20-37)49-50-41-21-22-42(53(57)58)40-15-8-7-14-39(40)41/h7-8,14-15,17-22,38H,5-6,9-13,16,23-24,26-34H2,1-4H3,(H,47,55)(H,48,54)/b50-49?,51-35+. The number of esters is 1. The van der Waals surface area contributed by atoms with Crippen molar-refractivity contribution in [2.45, 2.75) is 78.2 Å². The molecule has 0 saturated heterocycles. The van der Waals surface area contributed by atoms with Crippen LogP contribution in [0.2, 0.25) is 0 Å². The molecule has 0 fully saturated rings. The molecule has 2 N–H and O–H groups in total. The van der Waals surface area contributed by atoms with E-state index in [1.54, 1.807) is 37.3 Å². The molecule has 0 spiro atoms. The summed E-state index contributed by atoms with van der Waals surface area (Å²) in [4.78, 5) is 54.6. The number of ether oxygens (including phenoxy) is 3. The van der Waals surface area contributed by atoms with E-state index in [1.807, 2.05) is 44.2 Å². The van der Waals surface area contributed by atoms with E-state index >= 15 is 0 Å². The Labute approximate surface area is 391 Å². The number of phosphoric ester groups is 1. The Hall–Kier alpha value is -5.88. The van der Waals surface area contributed by atoms with Crippen molar-refractivity contribution in [2.24, 2.45) is 15.4 Å². The second-order valence-corrected chi connectivity index (χ2v) is 16.3. The van der Waals surface area contributed by atoms with Crippen LogP contribution in [0.5, 0.6) is 0 Å². The van der Waals surface area contributed by atoms with E-state index in [1.165, 1.54) is 13.2 Å². The average molecular weight is 955 g/mol. The molecule has 67 heavy (non-hydrogen) atoms. The lowest BCUT2D eigenvalue weighted by Crippen LogP contribution is -2.27. The number of hydrogen-bond acceptors (Lipinski definition) is 18. The van der Waals surface area contributed by atoms with Crippen LogP contribution in [0.3, 0.4) is 0 Å². The lowest BCUT2D eigenvalue weighted by molar-refractivity contribution is -0.383. The number of benzene rings is 3. The van der Waals surface area contributed by atoms with Crippen LogP contribution in [0.4, 0.5) is 22.7 Å². The Morgan fingerprint density at radius 3 is 2.31 bits per heavy atom. The van der Waals surface area contributed by atoms with Crippen LogP contribution in [-0.4, -0.2) is 114 Å². The van der Waals surface area contributed by atoms with Gasteiger partial charge in [-0.05, 0) is 76.4 Å². The van der Waals surface area contributed by atoms with Crippen molar-refractivity contribution in [1.82, 2.24) is 10.6 Å². The molecule has 2 atom stereocenters. The molecule has 0 aliphatic rings. The number of nitrogens with one attached hydrogen (secondary N) is 2. The summed E-state index contributed by atoms with van der Waals surface area (Å²) in [6.07, 6.45) is 1.20. The quantitative estimate of drug-likeness (QED) is 0.0108. The van der Waals surface area contributed by atoms with Gasteiger partial charge in [-0.15, -0.1) is 5.11 Å². The zero-order chi connectivity index (χ0) is 48.7. The number of anilines is 1. The molecule has 0 aromatic heterocycles. The molecule has 2 unspecified atom stereocenters. The Bertz CT molecular complexity index is 2150. The maximum absolute atomic E-state index is 13.4. The summed E-state index contributed by atoms with van der Waals surface area (Å²) in [5, 5.41) is 39.9. The van der Waals surface area contributed by atoms with Gasteiger partial charge in [-0.25, -0.2) is 4.57 Å². The highest BCUT2D eigenvalue weighted by molar-refractivity contribution is 7.48. The largest absolute Gasteiger partial charge is 0.475 e.